The first-order valence-corrected chi connectivity index (χ1v) is 8.77. The van der Waals surface area contributed by atoms with Crippen molar-refractivity contribution in [2.75, 3.05) is 11.9 Å². The summed E-state index contributed by atoms with van der Waals surface area (Å²) in [5.74, 6) is 0.544. The van der Waals surface area contributed by atoms with Crippen LogP contribution >= 0.6 is 22.6 Å². The van der Waals surface area contributed by atoms with Crippen molar-refractivity contribution < 1.29 is 9.53 Å². The van der Waals surface area contributed by atoms with Gasteiger partial charge in [0.2, 0.25) is 0 Å². The summed E-state index contributed by atoms with van der Waals surface area (Å²) in [6.45, 7) is 6.62. The predicted molar refractivity (Wildman–Crippen MR) is 103 cm³/mol. The number of carbonyl (C=O) groups excluding carboxylic acids is 1. The quantitative estimate of drug-likeness (QED) is 0.665. The number of amides is 1. The molecule has 2 aromatic carbocycles. The Kier molecular flexibility index (Phi) is 6.04. The van der Waals surface area contributed by atoms with E-state index >= 15 is 0 Å². The molecule has 0 spiro atoms. The van der Waals surface area contributed by atoms with Crippen LogP contribution < -0.4 is 10.1 Å². The first-order valence-electron chi connectivity index (χ1n) is 7.69. The largest absolute Gasteiger partial charge is 0.484 e. The van der Waals surface area contributed by atoms with Gasteiger partial charge in [0.1, 0.15) is 5.75 Å². The number of carbonyl (C=O) groups is 1. The zero-order valence-corrected chi connectivity index (χ0v) is 15.9. The fourth-order valence-corrected chi connectivity index (χ4v) is 2.45. The van der Waals surface area contributed by atoms with E-state index in [0.29, 0.717) is 5.75 Å². The SMILES string of the molecule is CCC(C)(C)c1ccc(OCC(=O)Nc2ccc(I)cc2)cc1. The standard InChI is InChI=1S/C19H22INO2/c1-4-19(2,3)14-5-11-17(12-6-14)23-13-18(22)21-16-9-7-15(20)8-10-16/h5-12H,4,13H2,1-3H3,(H,21,22). The third-order valence-electron chi connectivity index (χ3n) is 4.02. The summed E-state index contributed by atoms with van der Waals surface area (Å²) in [4.78, 5) is 11.9. The van der Waals surface area contributed by atoms with Gasteiger partial charge in [0.25, 0.3) is 5.91 Å². The maximum Gasteiger partial charge on any atom is 0.262 e. The van der Waals surface area contributed by atoms with Crippen LogP contribution in [0.2, 0.25) is 0 Å². The average Bonchev–Trinajstić information content (AvgIpc) is 2.55. The van der Waals surface area contributed by atoms with Gasteiger partial charge in [-0.25, -0.2) is 0 Å². The molecule has 0 bridgehead atoms. The van der Waals surface area contributed by atoms with Crippen LogP contribution in [-0.2, 0) is 10.2 Å². The second kappa shape index (κ2) is 7.81. The van der Waals surface area contributed by atoms with Gasteiger partial charge in [-0.05, 0) is 76.4 Å². The Morgan fingerprint density at radius 1 is 1.09 bits per heavy atom. The van der Waals surface area contributed by atoms with Crippen LogP contribution in [0.25, 0.3) is 0 Å². The first-order chi connectivity index (χ1) is 10.9. The van der Waals surface area contributed by atoms with Gasteiger partial charge >= 0.3 is 0 Å². The molecular formula is C19H22INO2. The molecule has 2 aromatic rings. The van der Waals surface area contributed by atoms with Crippen molar-refractivity contribution in [2.45, 2.75) is 32.6 Å². The Morgan fingerprint density at radius 3 is 2.26 bits per heavy atom. The molecule has 1 amide bonds. The second-order valence-corrected chi connectivity index (χ2v) is 7.35. The number of nitrogens with one attached hydrogen (secondary N) is 1. The Morgan fingerprint density at radius 2 is 1.70 bits per heavy atom. The van der Waals surface area contributed by atoms with Crippen LogP contribution in [0, 0.1) is 3.57 Å². The predicted octanol–water partition coefficient (Wildman–Crippen LogP) is 5.00. The lowest BCUT2D eigenvalue weighted by Gasteiger charge is -2.23. The van der Waals surface area contributed by atoms with Gasteiger partial charge in [-0.1, -0.05) is 32.9 Å². The molecule has 0 heterocycles. The third-order valence-corrected chi connectivity index (χ3v) is 4.74. The summed E-state index contributed by atoms with van der Waals surface area (Å²) in [7, 11) is 0. The van der Waals surface area contributed by atoms with E-state index in [-0.39, 0.29) is 17.9 Å². The molecule has 0 unspecified atom stereocenters. The van der Waals surface area contributed by atoms with E-state index in [1.54, 1.807) is 0 Å². The minimum absolute atomic E-state index is 0.00248. The summed E-state index contributed by atoms with van der Waals surface area (Å²) in [6, 6.07) is 15.6. The van der Waals surface area contributed by atoms with Gasteiger partial charge in [0.05, 0.1) is 0 Å². The van der Waals surface area contributed by atoms with Gasteiger partial charge < -0.3 is 10.1 Å². The summed E-state index contributed by atoms with van der Waals surface area (Å²) in [5.41, 5.74) is 2.20. The lowest BCUT2D eigenvalue weighted by Crippen LogP contribution is -2.20. The first kappa shape index (κ1) is 17.8. The third kappa shape index (κ3) is 5.23. The molecule has 0 aromatic heterocycles. The van der Waals surface area contributed by atoms with Crippen molar-refractivity contribution in [3.8, 4) is 5.75 Å². The number of hydrogen-bond donors (Lipinski definition) is 1. The van der Waals surface area contributed by atoms with E-state index in [1.165, 1.54) is 5.56 Å². The molecule has 2 rings (SSSR count). The van der Waals surface area contributed by atoms with E-state index in [0.717, 1.165) is 15.7 Å². The number of halogens is 1. The lowest BCUT2D eigenvalue weighted by atomic mass is 9.82. The molecule has 0 atom stereocenters. The summed E-state index contributed by atoms with van der Waals surface area (Å²) in [5, 5.41) is 2.82. The molecule has 1 N–H and O–H groups in total. The summed E-state index contributed by atoms with van der Waals surface area (Å²) < 4.78 is 6.68. The molecule has 3 nitrogen and oxygen atoms in total. The molecule has 4 heteroatoms. The van der Waals surface area contributed by atoms with Crippen LogP contribution in [-0.4, -0.2) is 12.5 Å². The highest BCUT2D eigenvalue weighted by Gasteiger charge is 2.17. The molecule has 0 aliphatic rings. The average molecular weight is 423 g/mol. The number of hydrogen-bond acceptors (Lipinski definition) is 2. The summed E-state index contributed by atoms with van der Waals surface area (Å²) >= 11 is 2.23. The van der Waals surface area contributed by atoms with Crippen molar-refractivity contribution in [3.05, 3.63) is 57.7 Å². The molecule has 122 valence electrons. The molecule has 0 aliphatic carbocycles. The van der Waals surface area contributed by atoms with E-state index in [4.69, 9.17) is 4.74 Å². The number of benzene rings is 2. The van der Waals surface area contributed by atoms with Gasteiger partial charge in [-0.15, -0.1) is 0 Å². The van der Waals surface area contributed by atoms with Crippen molar-refractivity contribution >= 4 is 34.2 Å². The fourth-order valence-electron chi connectivity index (χ4n) is 2.09. The molecular weight excluding hydrogens is 401 g/mol. The van der Waals surface area contributed by atoms with Crippen LogP contribution in [0.1, 0.15) is 32.8 Å². The van der Waals surface area contributed by atoms with E-state index in [2.05, 4.69) is 60.8 Å². The Balaban J connectivity index is 1.88. The van der Waals surface area contributed by atoms with Crippen molar-refractivity contribution in [3.63, 3.8) is 0 Å². The normalized spacial score (nSPS) is 11.1. The Hall–Kier alpha value is -1.56. The minimum atomic E-state index is -0.163. The smallest absolute Gasteiger partial charge is 0.262 e. The van der Waals surface area contributed by atoms with Gasteiger partial charge in [0, 0.05) is 9.26 Å². The van der Waals surface area contributed by atoms with Gasteiger partial charge in [-0.3, -0.25) is 4.79 Å². The lowest BCUT2D eigenvalue weighted by molar-refractivity contribution is -0.118. The molecule has 0 saturated heterocycles. The molecule has 23 heavy (non-hydrogen) atoms. The maximum atomic E-state index is 11.9. The highest BCUT2D eigenvalue weighted by molar-refractivity contribution is 14.1. The molecule has 0 radical (unpaired) electrons. The van der Waals surface area contributed by atoms with E-state index < -0.39 is 0 Å². The van der Waals surface area contributed by atoms with Crippen LogP contribution in [0.4, 0.5) is 5.69 Å². The highest BCUT2D eigenvalue weighted by Crippen LogP contribution is 2.28. The van der Waals surface area contributed by atoms with Crippen molar-refractivity contribution in [2.24, 2.45) is 0 Å². The van der Waals surface area contributed by atoms with Crippen molar-refractivity contribution in [1.82, 2.24) is 0 Å². The topological polar surface area (TPSA) is 38.3 Å². The Labute approximate surface area is 151 Å². The van der Waals surface area contributed by atoms with Crippen LogP contribution in [0.3, 0.4) is 0 Å². The van der Waals surface area contributed by atoms with Crippen LogP contribution in [0.15, 0.2) is 48.5 Å². The van der Waals surface area contributed by atoms with Crippen LogP contribution in [0.5, 0.6) is 5.75 Å². The highest BCUT2D eigenvalue weighted by atomic mass is 127. The monoisotopic (exact) mass is 423 g/mol. The maximum absolute atomic E-state index is 11.9. The Bertz CT molecular complexity index is 648. The molecule has 0 aliphatic heterocycles. The molecule has 0 saturated carbocycles. The number of rotatable bonds is 6. The zero-order valence-electron chi connectivity index (χ0n) is 13.7. The summed E-state index contributed by atoms with van der Waals surface area (Å²) in [6.07, 6.45) is 1.08. The van der Waals surface area contributed by atoms with E-state index in [1.807, 2.05) is 36.4 Å². The number of anilines is 1. The zero-order chi connectivity index (χ0) is 16.9. The van der Waals surface area contributed by atoms with Gasteiger partial charge in [-0.2, -0.15) is 0 Å². The second-order valence-electron chi connectivity index (χ2n) is 6.11. The minimum Gasteiger partial charge on any atom is -0.484 e. The van der Waals surface area contributed by atoms with Gasteiger partial charge in [0.15, 0.2) is 6.61 Å². The van der Waals surface area contributed by atoms with Crippen molar-refractivity contribution in [1.29, 1.82) is 0 Å². The fraction of sp³-hybridized carbons (Fsp3) is 0.316. The molecule has 0 fully saturated rings. The number of ether oxygens (including phenoxy) is 1. The van der Waals surface area contributed by atoms with E-state index in [9.17, 15) is 4.79 Å².